The van der Waals surface area contributed by atoms with Crippen LogP contribution in [0.1, 0.15) is 59.6 Å². The number of amides is 3. The summed E-state index contributed by atoms with van der Waals surface area (Å²) in [7, 11) is 0. The number of carbonyl (C=O) groups excluding carboxylic acids is 3. The van der Waals surface area contributed by atoms with E-state index in [1.807, 2.05) is 39.0 Å². The largest absolute Gasteiger partial charge is 0.459 e. The van der Waals surface area contributed by atoms with Gasteiger partial charge in [0.25, 0.3) is 11.8 Å². The van der Waals surface area contributed by atoms with Crippen LogP contribution in [-0.2, 0) is 4.79 Å². The highest BCUT2D eigenvalue weighted by atomic mass is 16.3. The van der Waals surface area contributed by atoms with Crippen molar-refractivity contribution in [2.45, 2.75) is 52.1 Å². The zero-order valence-electron chi connectivity index (χ0n) is 18.4. The van der Waals surface area contributed by atoms with Crippen molar-refractivity contribution in [3.63, 3.8) is 0 Å². The van der Waals surface area contributed by atoms with E-state index in [0.717, 1.165) is 5.56 Å². The van der Waals surface area contributed by atoms with Gasteiger partial charge in [0.15, 0.2) is 5.76 Å². The molecule has 0 unspecified atom stereocenters. The predicted molar refractivity (Wildman–Crippen MR) is 118 cm³/mol. The number of nitrogens with one attached hydrogen (secondary N) is 2. The molecular formula is C24H31N3O4. The average Bonchev–Trinajstić information content (AvgIpc) is 3.28. The summed E-state index contributed by atoms with van der Waals surface area (Å²) in [4.78, 5) is 39.9. The number of furan rings is 1. The van der Waals surface area contributed by atoms with Crippen LogP contribution in [0.3, 0.4) is 0 Å². The van der Waals surface area contributed by atoms with Gasteiger partial charge in [-0.05, 0) is 55.9 Å². The van der Waals surface area contributed by atoms with Gasteiger partial charge in [-0.25, -0.2) is 0 Å². The molecule has 0 bridgehead atoms. The van der Waals surface area contributed by atoms with E-state index in [1.165, 1.54) is 6.26 Å². The molecule has 3 rings (SSSR count). The molecule has 166 valence electrons. The van der Waals surface area contributed by atoms with E-state index in [-0.39, 0.29) is 29.7 Å². The van der Waals surface area contributed by atoms with E-state index in [1.54, 1.807) is 23.1 Å². The van der Waals surface area contributed by atoms with Crippen molar-refractivity contribution in [3.8, 4) is 0 Å². The molecule has 3 amide bonds. The number of hydrogen-bond donors (Lipinski definition) is 2. The summed E-state index contributed by atoms with van der Waals surface area (Å²) in [6.45, 7) is 7.03. The van der Waals surface area contributed by atoms with Gasteiger partial charge in [0.05, 0.1) is 6.26 Å². The molecule has 2 aromatic rings. The Labute approximate surface area is 183 Å². The zero-order valence-corrected chi connectivity index (χ0v) is 18.4. The molecule has 1 aromatic carbocycles. The molecule has 2 heterocycles. The van der Waals surface area contributed by atoms with Crippen LogP contribution in [0, 0.1) is 12.8 Å². The fourth-order valence-electron chi connectivity index (χ4n) is 3.85. The molecule has 31 heavy (non-hydrogen) atoms. The van der Waals surface area contributed by atoms with Crippen LogP contribution in [0.15, 0.2) is 47.1 Å². The van der Waals surface area contributed by atoms with Gasteiger partial charge in [0, 0.05) is 24.7 Å². The monoisotopic (exact) mass is 425 g/mol. The summed E-state index contributed by atoms with van der Waals surface area (Å²) in [6.07, 6.45) is 3.37. The third kappa shape index (κ3) is 5.96. The van der Waals surface area contributed by atoms with E-state index in [4.69, 9.17) is 4.42 Å². The van der Waals surface area contributed by atoms with Crippen LogP contribution >= 0.6 is 0 Å². The molecule has 1 aliphatic heterocycles. The molecule has 1 aromatic heterocycles. The SMILES string of the molecule is Cc1ccccc1C(=O)N[C@H](CC(C)C)C(=O)NC1CCN(C(=O)c2ccco2)CC1. The number of rotatable bonds is 7. The lowest BCUT2D eigenvalue weighted by Gasteiger charge is -2.33. The second kappa shape index (κ2) is 10.3. The normalized spacial score (nSPS) is 15.5. The van der Waals surface area contributed by atoms with E-state index >= 15 is 0 Å². The van der Waals surface area contributed by atoms with Gasteiger partial charge in [-0.2, -0.15) is 0 Å². The maximum Gasteiger partial charge on any atom is 0.289 e. The van der Waals surface area contributed by atoms with Gasteiger partial charge in [-0.3, -0.25) is 14.4 Å². The molecule has 0 spiro atoms. The van der Waals surface area contributed by atoms with E-state index in [2.05, 4.69) is 10.6 Å². The van der Waals surface area contributed by atoms with Crippen LogP contribution in [0.2, 0.25) is 0 Å². The van der Waals surface area contributed by atoms with Gasteiger partial charge in [-0.1, -0.05) is 32.0 Å². The molecule has 7 nitrogen and oxygen atoms in total. The van der Waals surface area contributed by atoms with Gasteiger partial charge in [0.2, 0.25) is 5.91 Å². The first-order valence-electron chi connectivity index (χ1n) is 10.8. The Kier molecular flexibility index (Phi) is 7.50. The number of likely N-dealkylation sites (tertiary alicyclic amines) is 1. The second-order valence-corrected chi connectivity index (χ2v) is 8.52. The summed E-state index contributed by atoms with van der Waals surface area (Å²) in [6, 6.07) is 10.1. The van der Waals surface area contributed by atoms with Crippen molar-refractivity contribution < 1.29 is 18.8 Å². The number of benzene rings is 1. The Morgan fingerprint density at radius 3 is 2.42 bits per heavy atom. The molecule has 0 radical (unpaired) electrons. The van der Waals surface area contributed by atoms with E-state index in [9.17, 15) is 14.4 Å². The number of carbonyl (C=O) groups is 3. The van der Waals surface area contributed by atoms with Crippen LogP contribution in [-0.4, -0.2) is 47.8 Å². The fraction of sp³-hybridized carbons (Fsp3) is 0.458. The van der Waals surface area contributed by atoms with Crippen molar-refractivity contribution in [1.82, 2.24) is 15.5 Å². The minimum atomic E-state index is -0.602. The summed E-state index contributed by atoms with van der Waals surface area (Å²) in [5.41, 5.74) is 1.45. The topological polar surface area (TPSA) is 91.7 Å². The van der Waals surface area contributed by atoms with Crippen molar-refractivity contribution >= 4 is 17.7 Å². The van der Waals surface area contributed by atoms with Gasteiger partial charge < -0.3 is 20.0 Å². The summed E-state index contributed by atoms with van der Waals surface area (Å²) in [5, 5.41) is 5.99. The fourth-order valence-corrected chi connectivity index (χ4v) is 3.85. The third-order valence-corrected chi connectivity index (χ3v) is 5.58. The number of piperidine rings is 1. The molecule has 7 heteroatoms. The molecular weight excluding hydrogens is 394 g/mol. The number of hydrogen-bond acceptors (Lipinski definition) is 4. The third-order valence-electron chi connectivity index (χ3n) is 5.58. The highest BCUT2D eigenvalue weighted by Gasteiger charge is 2.29. The van der Waals surface area contributed by atoms with Gasteiger partial charge >= 0.3 is 0 Å². The molecule has 1 atom stereocenters. The first-order chi connectivity index (χ1) is 14.8. The lowest BCUT2D eigenvalue weighted by Crippen LogP contribution is -2.53. The molecule has 2 N–H and O–H groups in total. The van der Waals surface area contributed by atoms with Crippen molar-refractivity contribution in [2.24, 2.45) is 5.92 Å². The quantitative estimate of drug-likeness (QED) is 0.713. The van der Waals surface area contributed by atoms with Crippen LogP contribution in [0.4, 0.5) is 0 Å². The zero-order chi connectivity index (χ0) is 22.4. The second-order valence-electron chi connectivity index (χ2n) is 8.52. The smallest absolute Gasteiger partial charge is 0.289 e. The van der Waals surface area contributed by atoms with E-state index < -0.39 is 6.04 Å². The summed E-state index contributed by atoms with van der Waals surface area (Å²) in [5.74, 6) is 0.0428. The first kappa shape index (κ1) is 22.6. The Balaban J connectivity index is 1.56. The Bertz CT molecular complexity index is 899. The van der Waals surface area contributed by atoms with E-state index in [0.29, 0.717) is 43.7 Å². The molecule has 0 aliphatic carbocycles. The molecule has 0 saturated carbocycles. The minimum absolute atomic E-state index is 0.0295. The number of aryl methyl sites for hydroxylation is 1. The van der Waals surface area contributed by atoms with Crippen molar-refractivity contribution in [1.29, 1.82) is 0 Å². The lowest BCUT2D eigenvalue weighted by atomic mass is 10.00. The van der Waals surface area contributed by atoms with Crippen LogP contribution in [0.25, 0.3) is 0 Å². The summed E-state index contributed by atoms with van der Waals surface area (Å²) >= 11 is 0. The molecule has 1 saturated heterocycles. The van der Waals surface area contributed by atoms with Crippen molar-refractivity contribution in [3.05, 3.63) is 59.5 Å². The minimum Gasteiger partial charge on any atom is -0.459 e. The predicted octanol–water partition coefficient (Wildman–Crippen LogP) is 3.15. The standard InChI is InChI=1S/C24H31N3O4/c1-16(2)15-20(26-22(28)19-8-5-4-7-17(19)3)23(29)25-18-10-12-27(13-11-18)24(30)21-9-6-14-31-21/h4-9,14,16,18,20H,10-13,15H2,1-3H3,(H,25,29)(H,26,28)/t20-/m1/s1. The maximum absolute atomic E-state index is 13.0. The first-order valence-corrected chi connectivity index (χ1v) is 10.8. The molecule has 1 aliphatic rings. The highest BCUT2D eigenvalue weighted by Crippen LogP contribution is 2.16. The molecule has 1 fully saturated rings. The van der Waals surface area contributed by atoms with Crippen LogP contribution < -0.4 is 10.6 Å². The Morgan fingerprint density at radius 1 is 1.10 bits per heavy atom. The summed E-state index contributed by atoms with van der Waals surface area (Å²) < 4.78 is 5.19. The number of nitrogens with zero attached hydrogens (tertiary/aromatic N) is 1. The Hall–Kier alpha value is -3.09. The highest BCUT2D eigenvalue weighted by molar-refractivity contribution is 5.98. The Morgan fingerprint density at radius 2 is 1.81 bits per heavy atom. The maximum atomic E-state index is 13.0. The lowest BCUT2D eigenvalue weighted by molar-refractivity contribution is -0.124. The van der Waals surface area contributed by atoms with Crippen LogP contribution in [0.5, 0.6) is 0 Å². The van der Waals surface area contributed by atoms with Gasteiger partial charge in [-0.15, -0.1) is 0 Å². The average molecular weight is 426 g/mol. The van der Waals surface area contributed by atoms with Gasteiger partial charge in [0.1, 0.15) is 6.04 Å². The van der Waals surface area contributed by atoms with Crippen molar-refractivity contribution in [2.75, 3.05) is 13.1 Å².